The first kappa shape index (κ1) is 17.5. The molecule has 1 heterocycles. The van der Waals surface area contributed by atoms with Crippen LogP contribution in [0.3, 0.4) is 0 Å². The van der Waals surface area contributed by atoms with Crippen LogP contribution in [0.25, 0.3) is 10.9 Å². The molecule has 6 nitrogen and oxygen atoms in total. The molecule has 3 rings (SSSR count). The molecule has 1 aliphatic rings. The second kappa shape index (κ2) is 6.86. The predicted octanol–water partition coefficient (Wildman–Crippen LogP) is 3.44. The number of carbonyl (C=O) groups is 1. The smallest absolute Gasteiger partial charge is 0.227 e. The van der Waals surface area contributed by atoms with Gasteiger partial charge in [0.1, 0.15) is 5.82 Å². The summed E-state index contributed by atoms with van der Waals surface area (Å²) < 4.78 is 0. The van der Waals surface area contributed by atoms with E-state index in [1.54, 1.807) is 0 Å². The Balaban J connectivity index is 1.83. The third-order valence-corrected chi connectivity index (χ3v) is 5.37. The number of anilines is 3. The van der Waals surface area contributed by atoms with Crippen LogP contribution >= 0.6 is 0 Å². The molecule has 1 fully saturated rings. The van der Waals surface area contributed by atoms with E-state index in [9.17, 15) is 4.79 Å². The van der Waals surface area contributed by atoms with Gasteiger partial charge in [-0.25, -0.2) is 4.98 Å². The molecule has 3 atom stereocenters. The molecule has 1 aliphatic carbocycles. The Hall–Kier alpha value is -2.37. The maximum absolute atomic E-state index is 12.9. The monoisotopic (exact) mass is 341 g/mol. The van der Waals surface area contributed by atoms with E-state index >= 15 is 0 Å². The summed E-state index contributed by atoms with van der Waals surface area (Å²) in [5.74, 6) is 2.16. The van der Waals surface area contributed by atoms with E-state index in [-0.39, 0.29) is 17.8 Å². The van der Waals surface area contributed by atoms with Crippen molar-refractivity contribution in [1.82, 2.24) is 9.97 Å². The van der Waals surface area contributed by atoms with Gasteiger partial charge in [-0.05, 0) is 48.8 Å². The number of nitrogens with zero attached hydrogens (tertiary/aromatic N) is 2. The van der Waals surface area contributed by atoms with Crippen LogP contribution in [0.2, 0.25) is 0 Å². The standard InChI is InChI=1S/C19H27N5O/c1-10(2)13-6-4-11(3)8-14(13)18(25)22-12-5-7-16-15(9-12)17(20)24-19(21)23-16/h5,7,9-11,13-14H,4,6,8H2,1-3H3,(H,22,25)(H4,20,21,23,24)/t11-,13-,14+/m0/s1. The fourth-order valence-electron chi connectivity index (χ4n) is 3.99. The summed E-state index contributed by atoms with van der Waals surface area (Å²) in [4.78, 5) is 21.1. The average molecular weight is 341 g/mol. The van der Waals surface area contributed by atoms with Gasteiger partial charge >= 0.3 is 0 Å². The number of amides is 1. The van der Waals surface area contributed by atoms with Crippen molar-refractivity contribution in [1.29, 1.82) is 0 Å². The summed E-state index contributed by atoms with van der Waals surface area (Å²) in [6.07, 6.45) is 3.27. The number of hydrogen-bond acceptors (Lipinski definition) is 5. The molecule has 5 N–H and O–H groups in total. The van der Waals surface area contributed by atoms with Crippen LogP contribution in [0.4, 0.5) is 17.5 Å². The van der Waals surface area contributed by atoms with E-state index in [4.69, 9.17) is 11.5 Å². The molecular formula is C19H27N5O. The largest absolute Gasteiger partial charge is 0.383 e. The zero-order chi connectivity index (χ0) is 18.1. The van der Waals surface area contributed by atoms with Crippen molar-refractivity contribution < 1.29 is 4.79 Å². The Bertz CT molecular complexity index is 789. The fraction of sp³-hybridized carbons (Fsp3) is 0.526. The normalized spacial score (nSPS) is 23.8. The summed E-state index contributed by atoms with van der Waals surface area (Å²) in [5.41, 5.74) is 13.0. The number of rotatable bonds is 3. The molecule has 1 aromatic heterocycles. The van der Waals surface area contributed by atoms with Gasteiger partial charge in [-0.1, -0.05) is 27.2 Å². The fourth-order valence-corrected chi connectivity index (χ4v) is 3.99. The number of aromatic nitrogens is 2. The summed E-state index contributed by atoms with van der Waals surface area (Å²) in [6, 6.07) is 5.46. The molecule has 1 aromatic carbocycles. The first-order chi connectivity index (χ1) is 11.8. The van der Waals surface area contributed by atoms with Gasteiger partial charge in [0.15, 0.2) is 0 Å². The van der Waals surface area contributed by atoms with Crippen LogP contribution in [-0.2, 0) is 4.79 Å². The lowest BCUT2D eigenvalue weighted by atomic mass is 9.70. The number of carbonyl (C=O) groups excluding carboxylic acids is 1. The van der Waals surface area contributed by atoms with Gasteiger partial charge in [-0.3, -0.25) is 4.79 Å². The SMILES string of the molecule is CC(C)[C@@H]1CC[C@H](C)C[C@H]1C(=O)Nc1ccc2nc(N)nc(N)c2c1. The predicted molar refractivity (Wildman–Crippen MR) is 102 cm³/mol. The van der Waals surface area contributed by atoms with Crippen LogP contribution in [0.15, 0.2) is 18.2 Å². The van der Waals surface area contributed by atoms with E-state index < -0.39 is 0 Å². The minimum Gasteiger partial charge on any atom is -0.383 e. The lowest BCUT2D eigenvalue weighted by Crippen LogP contribution is -2.36. The van der Waals surface area contributed by atoms with Crippen LogP contribution < -0.4 is 16.8 Å². The van der Waals surface area contributed by atoms with Crippen molar-refractivity contribution in [3.05, 3.63) is 18.2 Å². The van der Waals surface area contributed by atoms with Crippen LogP contribution in [0.1, 0.15) is 40.0 Å². The highest BCUT2D eigenvalue weighted by molar-refractivity contribution is 5.97. The number of nitrogens with two attached hydrogens (primary N) is 2. The molecule has 0 bridgehead atoms. The van der Waals surface area contributed by atoms with E-state index in [2.05, 4.69) is 36.1 Å². The van der Waals surface area contributed by atoms with Crippen LogP contribution in [0, 0.1) is 23.7 Å². The van der Waals surface area contributed by atoms with Gasteiger partial charge in [0.05, 0.1) is 5.52 Å². The highest BCUT2D eigenvalue weighted by Gasteiger charge is 2.35. The Morgan fingerprint density at radius 1 is 1.24 bits per heavy atom. The second-order valence-corrected chi connectivity index (χ2v) is 7.62. The van der Waals surface area contributed by atoms with Gasteiger partial charge in [-0.15, -0.1) is 0 Å². The summed E-state index contributed by atoms with van der Waals surface area (Å²) in [7, 11) is 0. The van der Waals surface area contributed by atoms with Crippen LogP contribution in [-0.4, -0.2) is 15.9 Å². The van der Waals surface area contributed by atoms with Gasteiger partial charge in [0.25, 0.3) is 0 Å². The van der Waals surface area contributed by atoms with E-state index in [1.807, 2.05) is 18.2 Å². The van der Waals surface area contributed by atoms with Crippen molar-refractivity contribution in [2.75, 3.05) is 16.8 Å². The molecule has 0 unspecified atom stereocenters. The van der Waals surface area contributed by atoms with Crippen molar-refractivity contribution >= 4 is 34.3 Å². The number of hydrogen-bond donors (Lipinski definition) is 3. The van der Waals surface area contributed by atoms with Gasteiger partial charge in [-0.2, -0.15) is 4.98 Å². The Morgan fingerprint density at radius 2 is 2.00 bits per heavy atom. The molecule has 0 spiro atoms. The number of benzene rings is 1. The molecule has 1 saturated carbocycles. The molecule has 0 radical (unpaired) electrons. The molecule has 0 saturated heterocycles. The highest BCUT2D eigenvalue weighted by Crippen LogP contribution is 2.38. The summed E-state index contributed by atoms with van der Waals surface area (Å²) >= 11 is 0. The van der Waals surface area contributed by atoms with E-state index in [1.165, 1.54) is 6.42 Å². The maximum Gasteiger partial charge on any atom is 0.227 e. The summed E-state index contributed by atoms with van der Waals surface area (Å²) in [6.45, 7) is 6.65. The molecular weight excluding hydrogens is 314 g/mol. The average Bonchev–Trinajstić information content (AvgIpc) is 2.55. The first-order valence-corrected chi connectivity index (χ1v) is 8.98. The Labute approximate surface area is 148 Å². The second-order valence-electron chi connectivity index (χ2n) is 7.62. The van der Waals surface area contributed by atoms with Crippen LogP contribution in [0.5, 0.6) is 0 Å². The molecule has 6 heteroatoms. The highest BCUT2D eigenvalue weighted by atomic mass is 16.1. The lowest BCUT2D eigenvalue weighted by molar-refractivity contribution is -0.123. The Morgan fingerprint density at radius 3 is 2.72 bits per heavy atom. The van der Waals surface area contributed by atoms with Crippen molar-refractivity contribution in [2.24, 2.45) is 23.7 Å². The number of nitrogens with one attached hydrogen (secondary N) is 1. The minimum absolute atomic E-state index is 0.0551. The van der Waals surface area contributed by atoms with Crippen molar-refractivity contribution in [2.45, 2.75) is 40.0 Å². The topological polar surface area (TPSA) is 107 Å². The third kappa shape index (κ3) is 3.67. The van der Waals surface area contributed by atoms with E-state index in [0.29, 0.717) is 34.5 Å². The quantitative estimate of drug-likeness (QED) is 0.792. The molecule has 0 aliphatic heterocycles. The van der Waals surface area contributed by atoms with Gasteiger partial charge < -0.3 is 16.8 Å². The zero-order valence-electron chi connectivity index (χ0n) is 15.1. The van der Waals surface area contributed by atoms with Gasteiger partial charge in [0, 0.05) is 17.0 Å². The zero-order valence-corrected chi connectivity index (χ0v) is 15.1. The van der Waals surface area contributed by atoms with Crippen molar-refractivity contribution in [3.63, 3.8) is 0 Å². The minimum atomic E-state index is 0.0551. The lowest BCUT2D eigenvalue weighted by Gasteiger charge is -2.36. The number of fused-ring (bicyclic) bond motifs is 1. The van der Waals surface area contributed by atoms with Gasteiger partial charge in [0.2, 0.25) is 11.9 Å². The first-order valence-electron chi connectivity index (χ1n) is 8.98. The third-order valence-electron chi connectivity index (χ3n) is 5.37. The van der Waals surface area contributed by atoms with Crippen molar-refractivity contribution in [3.8, 4) is 0 Å². The molecule has 1 amide bonds. The maximum atomic E-state index is 12.9. The molecule has 134 valence electrons. The summed E-state index contributed by atoms with van der Waals surface area (Å²) in [5, 5.41) is 3.77. The number of nitrogen functional groups attached to an aromatic ring is 2. The molecule has 2 aromatic rings. The van der Waals surface area contributed by atoms with E-state index in [0.717, 1.165) is 18.5 Å². The molecule has 25 heavy (non-hydrogen) atoms. The Kier molecular flexibility index (Phi) is 4.79.